The quantitative estimate of drug-likeness (QED) is 0.457. The molecular formula is C13H19NO. The van der Waals surface area contributed by atoms with Crippen molar-refractivity contribution < 1.29 is 5.21 Å². The maximum atomic E-state index is 9.15. The molecule has 0 atom stereocenters. The Kier molecular flexibility index (Phi) is 3.51. The van der Waals surface area contributed by atoms with Gasteiger partial charge < -0.3 is 5.21 Å². The number of oxime groups is 1. The Morgan fingerprint density at radius 2 is 1.73 bits per heavy atom. The lowest BCUT2D eigenvalue weighted by atomic mass is 9.74. The third-order valence-corrected chi connectivity index (χ3v) is 3.20. The van der Waals surface area contributed by atoms with Gasteiger partial charge in [-0.1, -0.05) is 63.2 Å². The highest BCUT2D eigenvalue weighted by molar-refractivity contribution is 6.04. The summed E-state index contributed by atoms with van der Waals surface area (Å²) in [5.74, 6) is 0.420. The van der Waals surface area contributed by atoms with Gasteiger partial charge in [-0.2, -0.15) is 0 Å². The first kappa shape index (κ1) is 11.8. The van der Waals surface area contributed by atoms with Crippen molar-refractivity contribution >= 4 is 5.71 Å². The van der Waals surface area contributed by atoms with Gasteiger partial charge in [0.2, 0.25) is 0 Å². The van der Waals surface area contributed by atoms with Crippen LogP contribution in [0, 0.1) is 11.3 Å². The van der Waals surface area contributed by atoms with Gasteiger partial charge in [0.15, 0.2) is 0 Å². The second kappa shape index (κ2) is 4.47. The molecule has 0 spiro atoms. The fourth-order valence-corrected chi connectivity index (χ4v) is 1.43. The lowest BCUT2D eigenvalue weighted by Gasteiger charge is -2.30. The smallest absolute Gasteiger partial charge is 0.0926 e. The molecule has 0 unspecified atom stereocenters. The van der Waals surface area contributed by atoms with E-state index in [9.17, 15) is 0 Å². The molecular weight excluding hydrogens is 186 g/mol. The molecule has 0 saturated carbocycles. The Hall–Kier alpha value is -1.31. The van der Waals surface area contributed by atoms with E-state index < -0.39 is 0 Å². The molecule has 1 N–H and O–H groups in total. The minimum Gasteiger partial charge on any atom is -0.411 e. The number of benzene rings is 1. The molecule has 0 aliphatic rings. The van der Waals surface area contributed by atoms with Crippen LogP contribution in [0.4, 0.5) is 0 Å². The topological polar surface area (TPSA) is 32.6 Å². The van der Waals surface area contributed by atoms with Crippen LogP contribution in [0.2, 0.25) is 0 Å². The molecule has 15 heavy (non-hydrogen) atoms. The second-order valence-electron chi connectivity index (χ2n) is 4.69. The largest absolute Gasteiger partial charge is 0.411 e. The van der Waals surface area contributed by atoms with E-state index in [2.05, 4.69) is 32.9 Å². The summed E-state index contributed by atoms with van der Waals surface area (Å²) in [5.41, 5.74) is 1.60. The summed E-state index contributed by atoms with van der Waals surface area (Å²) in [6.07, 6.45) is 0. The van der Waals surface area contributed by atoms with Crippen LogP contribution in [-0.4, -0.2) is 10.9 Å². The zero-order valence-electron chi connectivity index (χ0n) is 9.86. The minimum atomic E-state index is -0.129. The van der Waals surface area contributed by atoms with Crippen LogP contribution < -0.4 is 0 Å². The van der Waals surface area contributed by atoms with Crippen LogP contribution in [0.25, 0.3) is 0 Å². The van der Waals surface area contributed by atoms with Crippen molar-refractivity contribution in [3.8, 4) is 0 Å². The van der Waals surface area contributed by atoms with Crippen molar-refractivity contribution in [2.24, 2.45) is 16.5 Å². The van der Waals surface area contributed by atoms with Crippen molar-refractivity contribution in [1.82, 2.24) is 0 Å². The first-order valence-electron chi connectivity index (χ1n) is 5.28. The Bertz CT molecular complexity index is 339. The number of hydrogen-bond donors (Lipinski definition) is 1. The molecule has 2 heteroatoms. The van der Waals surface area contributed by atoms with E-state index in [4.69, 9.17) is 5.21 Å². The molecule has 0 aliphatic carbocycles. The molecule has 2 nitrogen and oxygen atoms in total. The maximum Gasteiger partial charge on any atom is 0.0926 e. The van der Waals surface area contributed by atoms with Gasteiger partial charge in [-0.15, -0.1) is 0 Å². The number of nitrogens with zero attached hydrogens (tertiary/aromatic N) is 1. The van der Waals surface area contributed by atoms with Gasteiger partial charge in [0.05, 0.1) is 5.71 Å². The third kappa shape index (κ3) is 2.38. The molecule has 1 aromatic rings. The standard InChI is InChI=1S/C13H19NO/c1-10(2)13(3,4)12(14-15)11-8-6-5-7-9-11/h5-10,15H,1-4H3/b14-12-. The second-order valence-corrected chi connectivity index (χ2v) is 4.69. The lowest BCUT2D eigenvalue weighted by molar-refractivity contribution is 0.294. The Morgan fingerprint density at radius 3 is 2.13 bits per heavy atom. The summed E-state index contributed by atoms with van der Waals surface area (Å²) in [7, 11) is 0. The highest BCUT2D eigenvalue weighted by Gasteiger charge is 2.30. The van der Waals surface area contributed by atoms with Crippen LogP contribution in [0.1, 0.15) is 33.3 Å². The van der Waals surface area contributed by atoms with Crippen LogP contribution in [-0.2, 0) is 0 Å². The third-order valence-electron chi connectivity index (χ3n) is 3.20. The van der Waals surface area contributed by atoms with E-state index in [1.165, 1.54) is 0 Å². The van der Waals surface area contributed by atoms with Gasteiger partial charge in [-0.05, 0) is 11.5 Å². The van der Waals surface area contributed by atoms with Crippen LogP contribution in [0.5, 0.6) is 0 Å². The van der Waals surface area contributed by atoms with Gasteiger partial charge in [-0.3, -0.25) is 0 Å². The van der Waals surface area contributed by atoms with E-state index in [0.717, 1.165) is 11.3 Å². The molecule has 1 rings (SSSR count). The predicted molar refractivity (Wildman–Crippen MR) is 63.4 cm³/mol. The van der Waals surface area contributed by atoms with Crippen molar-refractivity contribution in [2.75, 3.05) is 0 Å². The molecule has 0 aromatic heterocycles. The monoisotopic (exact) mass is 205 g/mol. The highest BCUT2D eigenvalue weighted by Crippen LogP contribution is 2.31. The van der Waals surface area contributed by atoms with Gasteiger partial charge in [0, 0.05) is 5.41 Å². The summed E-state index contributed by atoms with van der Waals surface area (Å²) >= 11 is 0. The normalized spacial score (nSPS) is 13.3. The summed E-state index contributed by atoms with van der Waals surface area (Å²) in [6, 6.07) is 9.81. The van der Waals surface area contributed by atoms with Crippen LogP contribution in [0.15, 0.2) is 35.5 Å². The minimum absolute atomic E-state index is 0.129. The summed E-state index contributed by atoms with van der Waals surface area (Å²) in [4.78, 5) is 0. The first-order valence-corrected chi connectivity index (χ1v) is 5.28. The van der Waals surface area contributed by atoms with E-state index in [1.54, 1.807) is 0 Å². The molecule has 1 aromatic carbocycles. The summed E-state index contributed by atoms with van der Waals surface area (Å²) in [5, 5.41) is 12.6. The predicted octanol–water partition coefficient (Wildman–Crippen LogP) is 3.55. The molecule has 0 saturated heterocycles. The van der Waals surface area contributed by atoms with Crippen molar-refractivity contribution in [2.45, 2.75) is 27.7 Å². The Morgan fingerprint density at radius 1 is 1.20 bits per heavy atom. The Balaban J connectivity index is 3.12. The van der Waals surface area contributed by atoms with E-state index in [1.807, 2.05) is 30.3 Å². The van der Waals surface area contributed by atoms with Crippen LogP contribution >= 0.6 is 0 Å². The number of hydrogen-bond acceptors (Lipinski definition) is 2. The van der Waals surface area contributed by atoms with Crippen molar-refractivity contribution in [3.05, 3.63) is 35.9 Å². The molecule has 0 fully saturated rings. The van der Waals surface area contributed by atoms with Crippen LogP contribution in [0.3, 0.4) is 0 Å². The molecule has 0 aliphatic heterocycles. The molecule has 82 valence electrons. The van der Waals surface area contributed by atoms with Gasteiger partial charge >= 0.3 is 0 Å². The maximum absolute atomic E-state index is 9.15. The molecule has 0 amide bonds. The van der Waals surface area contributed by atoms with Gasteiger partial charge in [0.25, 0.3) is 0 Å². The molecule has 0 radical (unpaired) electrons. The SMILES string of the molecule is CC(C)C(C)(C)/C(=N\O)c1ccccc1. The first-order chi connectivity index (χ1) is 7.00. The zero-order valence-corrected chi connectivity index (χ0v) is 9.86. The summed E-state index contributed by atoms with van der Waals surface area (Å²) in [6.45, 7) is 8.46. The Labute approximate surface area is 91.6 Å². The van der Waals surface area contributed by atoms with Gasteiger partial charge in [-0.25, -0.2) is 0 Å². The zero-order chi connectivity index (χ0) is 11.5. The average molecular weight is 205 g/mol. The fourth-order valence-electron chi connectivity index (χ4n) is 1.43. The van der Waals surface area contributed by atoms with Crippen molar-refractivity contribution in [3.63, 3.8) is 0 Å². The highest BCUT2D eigenvalue weighted by atomic mass is 16.4. The molecule has 0 bridgehead atoms. The van der Waals surface area contributed by atoms with Gasteiger partial charge in [0.1, 0.15) is 0 Å². The summed E-state index contributed by atoms with van der Waals surface area (Å²) < 4.78 is 0. The fraction of sp³-hybridized carbons (Fsp3) is 0.462. The van der Waals surface area contributed by atoms with Crippen molar-refractivity contribution in [1.29, 1.82) is 0 Å². The lowest BCUT2D eigenvalue weighted by Crippen LogP contribution is -2.30. The van der Waals surface area contributed by atoms with E-state index in [0.29, 0.717) is 5.92 Å². The van der Waals surface area contributed by atoms with E-state index >= 15 is 0 Å². The molecule has 0 heterocycles. The average Bonchev–Trinajstić information content (AvgIpc) is 2.19. The van der Waals surface area contributed by atoms with E-state index in [-0.39, 0.29) is 5.41 Å². The number of rotatable bonds is 3.